The third-order valence-corrected chi connectivity index (χ3v) is 7.64. The maximum Gasteiger partial charge on any atom is 0.407 e. The Morgan fingerprint density at radius 2 is 1.97 bits per heavy atom. The molecule has 172 valence electrons. The zero-order valence-corrected chi connectivity index (χ0v) is 19.6. The van der Waals surface area contributed by atoms with Crippen LogP contribution < -0.4 is 10.1 Å². The van der Waals surface area contributed by atoms with Crippen molar-refractivity contribution in [3.63, 3.8) is 0 Å². The van der Waals surface area contributed by atoms with Crippen LogP contribution in [0.15, 0.2) is 36.4 Å². The number of rotatable bonds is 4. The largest absolute Gasteiger partial charge is 0.496 e. The van der Waals surface area contributed by atoms with Gasteiger partial charge in [0.15, 0.2) is 0 Å². The summed E-state index contributed by atoms with van der Waals surface area (Å²) in [5, 5.41) is 12.5. The number of hydrogen-bond donors (Lipinski definition) is 1. The van der Waals surface area contributed by atoms with Crippen LogP contribution in [0.25, 0.3) is 11.1 Å². The van der Waals surface area contributed by atoms with Gasteiger partial charge in [0.1, 0.15) is 11.9 Å². The van der Waals surface area contributed by atoms with Crippen molar-refractivity contribution in [2.24, 2.45) is 11.3 Å². The molecule has 3 heterocycles. The molecule has 3 aliphatic heterocycles. The first kappa shape index (κ1) is 21.8. The zero-order chi connectivity index (χ0) is 23.2. The number of nitrogens with zero attached hydrogens (tertiary/aromatic N) is 2. The summed E-state index contributed by atoms with van der Waals surface area (Å²) in [6, 6.07) is 13.9. The van der Waals surface area contributed by atoms with Gasteiger partial charge in [0.2, 0.25) is 0 Å². The molecule has 6 nitrogen and oxygen atoms in total. The van der Waals surface area contributed by atoms with E-state index < -0.39 is 0 Å². The number of methoxy groups -OCH3 is 1. The van der Waals surface area contributed by atoms with Crippen molar-refractivity contribution in [2.45, 2.75) is 45.3 Å². The van der Waals surface area contributed by atoms with Crippen molar-refractivity contribution in [3.8, 4) is 22.9 Å². The molecular weight excluding hydrogens is 414 g/mol. The third kappa shape index (κ3) is 4.06. The molecule has 6 rings (SSSR count). The third-order valence-electron chi connectivity index (χ3n) is 7.64. The lowest BCUT2D eigenvalue weighted by Crippen LogP contribution is -2.53. The van der Waals surface area contributed by atoms with E-state index >= 15 is 0 Å². The van der Waals surface area contributed by atoms with Gasteiger partial charge in [0.05, 0.1) is 24.8 Å². The van der Waals surface area contributed by atoms with Gasteiger partial charge < -0.3 is 14.8 Å². The number of carbonyl (C=O) groups excluding carboxylic acids is 1. The van der Waals surface area contributed by atoms with E-state index in [1.807, 2.05) is 18.2 Å². The van der Waals surface area contributed by atoms with Gasteiger partial charge in [-0.2, -0.15) is 5.26 Å². The van der Waals surface area contributed by atoms with Crippen LogP contribution in [-0.4, -0.2) is 43.8 Å². The minimum absolute atomic E-state index is 0.00117. The molecule has 1 amide bonds. The van der Waals surface area contributed by atoms with Crippen LogP contribution >= 0.6 is 0 Å². The van der Waals surface area contributed by atoms with E-state index in [1.165, 1.54) is 5.56 Å². The summed E-state index contributed by atoms with van der Waals surface area (Å²) in [6.45, 7) is 7.47. The second-order valence-electron chi connectivity index (χ2n) is 10.3. The highest BCUT2D eigenvalue weighted by atomic mass is 16.6. The summed E-state index contributed by atoms with van der Waals surface area (Å²) in [7, 11) is 1.64. The fourth-order valence-electron chi connectivity index (χ4n) is 5.83. The summed E-state index contributed by atoms with van der Waals surface area (Å²) in [6.07, 6.45) is 2.77. The number of alkyl carbamates (subject to hydrolysis) is 1. The predicted molar refractivity (Wildman–Crippen MR) is 126 cm³/mol. The van der Waals surface area contributed by atoms with Crippen molar-refractivity contribution in [2.75, 3.05) is 26.7 Å². The number of piperidine rings is 3. The Kier molecular flexibility index (Phi) is 5.54. The monoisotopic (exact) mass is 445 g/mol. The van der Waals surface area contributed by atoms with E-state index in [9.17, 15) is 10.1 Å². The first-order chi connectivity index (χ1) is 15.9. The SMILES string of the molecule is COc1ccc(C#N)cc1-c1ccc2c(c1)CC(C)(C)C2NC(=O)O[C@H]1CN2CCC1CC2. The molecule has 3 fully saturated rings. The summed E-state index contributed by atoms with van der Waals surface area (Å²) in [5.74, 6) is 1.23. The maximum absolute atomic E-state index is 12.9. The first-order valence-corrected chi connectivity index (χ1v) is 11.8. The van der Waals surface area contributed by atoms with Gasteiger partial charge in [-0.3, -0.25) is 4.90 Å². The van der Waals surface area contributed by atoms with Gasteiger partial charge in [0, 0.05) is 12.1 Å². The lowest BCUT2D eigenvalue weighted by Gasteiger charge is -2.44. The molecule has 0 saturated carbocycles. The molecule has 3 saturated heterocycles. The molecule has 1 unspecified atom stereocenters. The van der Waals surface area contributed by atoms with Crippen LogP contribution in [0.5, 0.6) is 5.75 Å². The van der Waals surface area contributed by atoms with Gasteiger partial charge >= 0.3 is 6.09 Å². The lowest BCUT2D eigenvalue weighted by atomic mass is 9.85. The van der Waals surface area contributed by atoms with Gasteiger partial charge in [-0.25, -0.2) is 4.79 Å². The number of ether oxygens (including phenoxy) is 2. The summed E-state index contributed by atoms with van der Waals surface area (Å²) in [5.41, 5.74) is 4.71. The van der Waals surface area contributed by atoms with E-state index in [-0.39, 0.29) is 23.7 Å². The lowest BCUT2D eigenvalue weighted by molar-refractivity contribution is -0.0348. The van der Waals surface area contributed by atoms with Crippen molar-refractivity contribution >= 4 is 6.09 Å². The van der Waals surface area contributed by atoms with Gasteiger partial charge in [-0.1, -0.05) is 32.0 Å². The van der Waals surface area contributed by atoms with Crippen molar-refractivity contribution < 1.29 is 14.3 Å². The molecule has 33 heavy (non-hydrogen) atoms. The molecule has 2 aromatic rings. The number of nitriles is 1. The Morgan fingerprint density at radius 1 is 1.18 bits per heavy atom. The number of carbonyl (C=O) groups is 1. The molecule has 1 aliphatic carbocycles. The molecule has 1 N–H and O–H groups in total. The molecule has 0 radical (unpaired) electrons. The van der Waals surface area contributed by atoms with E-state index in [2.05, 4.69) is 42.3 Å². The first-order valence-electron chi connectivity index (χ1n) is 11.8. The summed E-state index contributed by atoms with van der Waals surface area (Å²) in [4.78, 5) is 15.3. The number of benzene rings is 2. The fourth-order valence-corrected chi connectivity index (χ4v) is 5.83. The second-order valence-corrected chi connectivity index (χ2v) is 10.3. The van der Waals surface area contributed by atoms with Gasteiger partial charge in [-0.05, 0) is 78.6 Å². The molecule has 0 spiro atoms. The average molecular weight is 446 g/mol. The maximum atomic E-state index is 12.9. The number of nitrogens with one attached hydrogen (secondary N) is 1. The minimum atomic E-state index is -0.313. The van der Waals surface area contributed by atoms with Crippen molar-refractivity contribution in [1.29, 1.82) is 5.26 Å². The molecule has 0 aromatic heterocycles. The van der Waals surface area contributed by atoms with E-state index in [0.29, 0.717) is 11.5 Å². The van der Waals surface area contributed by atoms with Crippen LogP contribution in [-0.2, 0) is 11.2 Å². The fraction of sp³-hybridized carbons (Fsp3) is 0.481. The molecule has 4 aliphatic rings. The summed E-state index contributed by atoms with van der Waals surface area (Å²) < 4.78 is 11.4. The highest BCUT2D eigenvalue weighted by molar-refractivity contribution is 5.74. The molecule has 2 bridgehead atoms. The Bertz CT molecular complexity index is 1110. The van der Waals surface area contributed by atoms with Crippen LogP contribution in [0.2, 0.25) is 0 Å². The Hall–Kier alpha value is -3.04. The normalized spacial score (nSPS) is 26.8. The average Bonchev–Trinajstić information content (AvgIpc) is 3.07. The Labute approximate surface area is 195 Å². The molecular formula is C27H31N3O3. The van der Waals surface area contributed by atoms with E-state index in [1.54, 1.807) is 13.2 Å². The molecule has 2 atom stereocenters. The van der Waals surface area contributed by atoms with Gasteiger partial charge in [-0.15, -0.1) is 0 Å². The minimum Gasteiger partial charge on any atom is -0.496 e. The smallest absolute Gasteiger partial charge is 0.407 e. The Morgan fingerprint density at radius 3 is 2.64 bits per heavy atom. The second kappa shape index (κ2) is 8.39. The van der Waals surface area contributed by atoms with Crippen LogP contribution in [0.1, 0.15) is 49.4 Å². The zero-order valence-electron chi connectivity index (χ0n) is 19.6. The highest BCUT2D eigenvalue weighted by Crippen LogP contribution is 2.47. The molecule has 2 aromatic carbocycles. The Balaban J connectivity index is 1.37. The van der Waals surface area contributed by atoms with E-state index in [0.717, 1.165) is 61.3 Å². The quantitative estimate of drug-likeness (QED) is 0.740. The molecule has 6 heteroatoms. The number of fused-ring (bicyclic) bond motifs is 4. The summed E-state index contributed by atoms with van der Waals surface area (Å²) >= 11 is 0. The van der Waals surface area contributed by atoms with Gasteiger partial charge in [0.25, 0.3) is 0 Å². The number of amides is 1. The standard InChI is InChI=1S/C27H31N3O3/c1-27(2)14-20-13-19(22-12-17(15-28)4-7-23(22)32-3)5-6-21(20)25(27)29-26(31)33-24-16-30-10-8-18(24)9-11-30/h4-7,12-13,18,24-25H,8-11,14,16H2,1-3H3,(H,29,31)/t24-,25?/m0/s1. The van der Waals surface area contributed by atoms with Crippen molar-refractivity contribution in [1.82, 2.24) is 10.2 Å². The van der Waals surface area contributed by atoms with E-state index in [4.69, 9.17) is 9.47 Å². The predicted octanol–water partition coefficient (Wildman–Crippen LogP) is 4.68. The van der Waals surface area contributed by atoms with Crippen molar-refractivity contribution in [3.05, 3.63) is 53.1 Å². The van der Waals surface area contributed by atoms with Crippen LogP contribution in [0.3, 0.4) is 0 Å². The van der Waals surface area contributed by atoms with Crippen LogP contribution in [0.4, 0.5) is 4.79 Å². The topological polar surface area (TPSA) is 74.6 Å². The highest BCUT2D eigenvalue weighted by Gasteiger charge is 2.42. The van der Waals surface area contributed by atoms with Crippen LogP contribution in [0, 0.1) is 22.7 Å². The number of hydrogen-bond acceptors (Lipinski definition) is 5.